The van der Waals surface area contributed by atoms with Gasteiger partial charge in [0.2, 0.25) is 0 Å². The fraction of sp³-hybridized carbons (Fsp3) is 0.389. The van der Waals surface area contributed by atoms with E-state index in [1.807, 2.05) is 30.0 Å². The number of nitrogens with zero attached hydrogens (tertiary/aromatic N) is 3. The van der Waals surface area contributed by atoms with Gasteiger partial charge in [-0.25, -0.2) is 9.97 Å². The number of hydrogen-bond donors (Lipinski definition) is 0. The predicted molar refractivity (Wildman–Crippen MR) is 87.2 cm³/mol. The van der Waals surface area contributed by atoms with E-state index in [0.717, 1.165) is 30.9 Å². The first-order valence-electron chi connectivity index (χ1n) is 8.23. The molecule has 1 atom stereocenters. The largest absolute Gasteiger partial charge is 0.486 e. The molecule has 124 valence electrons. The lowest BCUT2D eigenvalue weighted by molar-refractivity contribution is 0.0722. The van der Waals surface area contributed by atoms with Gasteiger partial charge in [-0.05, 0) is 38.0 Å². The van der Waals surface area contributed by atoms with Gasteiger partial charge in [0, 0.05) is 12.7 Å². The van der Waals surface area contributed by atoms with E-state index in [2.05, 4.69) is 9.97 Å². The molecule has 0 saturated carbocycles. The molecule has 2 aliphatic rings. The van der Waals surface area contributed by atoms with Crippen molar-refractivity contribution < 1.29 is 14.3 Å². The lowest BCUT2D eigenvalue weighted by Crippen LogP contribution is -2.32. The summed E-state index contributed by atoms with van der Waals surface area (Å²) < 4.78 is 11.3. The summed E-state index contributed by atoms with van der Waals surface area (Å²) in [6.45, 7) is 3.56. The van der Waals surface area contributed by atoms with Crippen molar-refractivity contribution in [1.82, 2.24) is 14.9 Å². The van der Waals surface area contributed by atoms with Crippen LogP contribution in [0.15, 0.2) is 30.5 Å². The van der Waals surface area contributed by atoms with Crippen LogP contribution in [-0.2, 0) is 0 Å². The van der Waals surface area contributed by atoms with E-state index in [-0.39, 0.29) is 11.9 Å². The summed E-state index contributed by atoms with van der Waals surface area (Å²) in [7, 11) is 0. The highest BCUT2D eigenvalue weighted by Crippen LogP contribution is 2.38. The molecule has 1 aromatic carbocycles. The van der Waals surface area contributed by atoms with Gasteiger partial charge in [0.15, 0.2) is 11.5 Å². The molecule has 6 heteroatoms. The van der Waals surface area contributed by atoms with Crippen molar-refractivity contribution in [2.24, 2.45) is 0 Å². The molecular formula is C18H19N3O3. The number of fused-ring (bicyclic) bond motifs is 1. The number of aromatic nitrogens is 2. The highest BCUT2D eigenvalue weighted by molar-refractivity contribution is 5.98. The number of rotatable bonds is 2. The number of carbonyl (C=O) groups excluding carboxylic acids is 1. The van der Waals surface area contributed by atoms with Crippen molar-refractivity contribution in [3.8, 4) is 11.5 Å². The Morgan fingerprint density at radius 2 is 2.12 bits per heavy atom. The maximum absolute atomic E-state index is 13.1. The molecule has 1 fully saturated rings. The van der Waals surface area contributed by atoms with Gasteiger partial charge in [0.1, 0.15) is 19.0 Å². The molecule has 0 radical (unpaired) electrons. The Bertz CT molecular complexity index is 778. The molecule has 1 unspecified atom stereocenters. The number of para-hydroxylation sites is 1. The van der Waals surface area contributed by atoms with Crippen LogP contribution in [0.1, 0.15) is 40.8 Å². The lowest BCUT2D eigenvalue weighted by atomic mass is 10.1. The Morgan fingerprint density at radius 1 is 1.25 bits per heavy atom. The molecule has 2 aliphatic heterocycles. The third kappa shape index (κ3) is 2.58. The first-order chi connectivity index (χ1) is 11.7. The van der Waals surface area contributed by atoms with Crippen LogP contribution >= 0.6 is 0 Å². The number of likely N-dealkylation sites (tertiary alicyclic amines) is 1. The maximum Gasteiger partial charge on any atom is 0.258 e. The van der Waals surface area contributed by atoms with Crippen LogP contribution in [0.5, 0.6) is 11.5 Å². The summed E-state index contributed by atoms with van der Waals surface area (Å²) in [5, 5.41) is 0. The van der Waals surface area contributed by atoms with E-state index < -0.39 is 0 Å². The summed E-state index contributed by atoms with van der Waals surface area (Å²) in [6, 6.07) is 7.35. The Hall–Kier alpha value is -2.63. The van der Waals surface area contributed by atoms with Crippen molar-refractivity contribution in [3.63, 3.8) is 0 Å². The van der Waals surface area contributed by atoms with Gasteiger partial charge in [-0.15, -0.1) is 0 Å². The number of amides is 1. The Kier molecular flexibility index (Phi) is 3.80. The smallest absolute Gasteiger partial charge is 0.258 e. The van der Waals surface area contributed by atoms with Crippen LogP contribution in [0, 0.1) is 6.92 Å². The van der Waals surface area contributed by atoms with Crippen molar-refractivity contribution in [1.29, 1.82) is 0 Å². The Labute approximate surface area is 140 Å². The van der Waals surface area contributed by atoms with Crippen LogP contribution < -0.4 is 9.47 Å². The van der Waals surface area contributed by atoms with E-state index in [4.69, 9.17) is 9.47 Å². The van der Waals surface area contributed by atoms with E-state index in [0.29, 0.717) is 30.3 Å². The average molecular weight is 325 g/mol. The average Bonchev–Trinajstić information content (AvgIpc) is 3.10. The molecule has 0 N–H and O–H groups in total. The second-order valence-corrected chi connectivity index (χ2v) is 6.02. The molecule has 2 aromatic rings. The second-order valence-electron chi connectivity index (χ2n) is 6.02. The van der Waals surface area contributed by atoms with Gasteiger partial charge >= 0.3 is 0 Å². The van der Waals surface area contributed by atoms with Crippen LogP contribution in [0.3, 0.4) is 0 Å². The number of ether oxygens (including phenoxy) is 2. The predicted octanol–water partition coefficient (Wildman–Crippen LogP) is 2.53. The van der Waals surface area contributed by atoms with Crippen LogP contribution in [0.4, 0.5) is 0 Å². The standard InChI is InChI=1S/C18H19N3O3/c1-12-19-8-7-14(20-12)15-5-3-9-21(15)18(22)13-4-2-6-16-17(13)24-11-10-23-16/h2,4,6-8,15H,3,5,9-11H2,1H3. The van der Waals surface area contributed by atoms with Crippen molar-refractivity contribution >= 4 is 5.91 Å². The molecule has 4 rings (SSSR count). The van der Waals surface area contributed by atoms with Crippen LogP contribution in [-0.4, -0.2) is 40.5 Å². The van der Waals surface area contributed by atoms with Crippen LogP contribution in [0.25, 0.3) is 0 Å². The third-order valence-corrected chi connectivity index (χ3v) is 4.45. The number of hydrogen-bond acceptors (Lipinski definition) is 5. The Morgan fingerprint density at radius 3 is 3.00 bits per heavy atom. The quantitative estimate of drug-likeness (QED) is 0.849. The molecule has 3 heterocycles. The fourth-order valence-electron chi connectivity index (χ4n) is 3.37. The molecule has 0 spiro atoms. The Balaban J connectivity index is 1.67. The van der Waals surface area contributed by atoms with Gasteiger partial charge in [0.05, 0.1) is 17.3 Å². The molecule has 6 nitrogen and oxygen atoms in total. The van der Waals surface area contributed by atoms with Crippen LogP contribution in [0.2, 0.25) is 0 Å². The zero-order valence-corrected chi connectivity index (χ0v) is 13.6. The van der Waals surface area contributed by atoms with E-state index in [1.165, 1.54) is 0 Å². The minimum atomic E-state index is -0.0314. The summed E-state index contributed by atoms with van der Waals surface area (Å²) in [5.41, 5.74) is 1.46. The van der Waals surface area contributed by atoms with E-state index >= 15 is 0 Å². The second kappa shape index (κ2) is 6.11. The normalized spacial score (nSPS) is 19.4. The highest BCUT2D eigenvalue weighted by Gasteiger charge is 2.34. The van der Waals surface area contributed by atoms with Gasteiger partial charge in [-0.2, -0.15) is 0 Å². The zero-order valence-electron chi connectivity index (χ0n) is 13.6. The topological polar surface area (TPSA) is 64.6 Å². The number of benzene rings is 1. The molecule has 1 aromatic heterocycles. The monoisotopic (exact) mass is 325 g/mol. The van der Waals surface area contributed by atoms with Crippen molar-refractivity contribution in [2.45, 2.75) is 25.8 Å². The van der Waals surface area contributed by atoms with E-state index in [1.54, 1.807) is 12.3 Å². The van der Waals surface area contributed by atoms with Crippen molar-refractivity contribution in [2.75, 3.05) is 19.8 Å². The summed E-state index contributed by atoms with van der Waals surface area (Å²) in [4.78, 5) is 23.7. The summed E-state index contributed by atoms with van der Waals surface area (Å²) in [5.74, 6) is 1.88. The molecule has 0 bridgehead atoms. The molecule has 1 saturated heterocycles. The SMILES string of the molecule is Cc1nccc(C2CCCN2C(=O)c2cccc3c2OCCO3)n1. The number of carbonyl (C=O) groups is 1. The molecule has 0 aliphatic carbocycles. The maximum atomic E-state index is 13.1. The lowest BCUT2D eigenvalue weighted by Gasteiger charge is -2.27. The molecule has 24 heavy (non-hydrogen) atoms. The van der Waals surface area contributed by atoms with E-state index in [9.17, 15) is 4.79 Å². The zero-order chi connectivity index (χ0) is 16.5. The van der Waals surface area contributed by atoms with Gasteiger partial charge < -0.3 is 14.4 Å². The minimum absolute atomic E-state index is 0.0143. The molecular weight excluding hydrogens is 306 g/mol. The van der Waals surface area contributed by atoms with Gasteiger partial charge in [-0.1, -0.05) is 6.07 Å². The third-order valence-electron chi connectivity index (χ3n) is 4.45. The summed E-state index contributed by atoms with van der Waals surface area (Å²) in [6.07, 6.45) is 3.63. The van der Waals surface area contributed by atoms with Gasteiger partial charge in [0.25, 0.3) is 5.91 Å². The molecule has 1 amide bonds. The minimum Gasteiger partial charge on any atom is -0.486 e. The highest BCUT2D eigenvalue weighted by atomic mass is 16.6. The number of aryl methyl sites for hydroxylation is 1. The first kappa shape index (κ1) is 14.9. The first-order valence-corrected chi connectivity index (χ1v) is 8.23. The fourth-order valence-corrected chi connectivity index (χ4v) is 3.37. The van der Waals surface area contributed by atoms with Gasteiger partial charge in [-0.3, -0.25) is 4.79 Å². The van der Waals surface area contributed by atoms with Crippen molar-refractivity contribution in [3.05, 3.63) is 47.5 Å². The summed E-state index contributed by atoms with van der Waals surface area (Å²) >= 11 is 0.